The van der Waals surface area contributed by atoms with Crippen molar-refractivity contribution in [1.29, 1.82) is 0 Å². The normalized spacial score (nSPS) is 11.8. The van der Waals surface area contributed by atoms with Gasteiger partial charge in [-0.2, -0.15) is 0 Å². The van der Waals surface area contributed by atoms with Crippen LogP contribution in [0.2, 0.25) is 0 Å². The predicted octanol–water partition coefficient (Wildman–Crippen LogP) is 2.65. The second-order valence-corrected chi connectivity index (χ2v) is 4.71. The molecule has 1 aromatic carbocycles. The lowest BCUT2D eigenvalue weighted by Crippen LogP contribution is -2.46. The summed E-state index contributed by atoms with van der Waals surface area (Å²) < 4.78 is 0. The van der Waals surface area contributed by atoms with Crippen molar-refractivity contribution in [3.05, 3.63) is 29.8 Å². The molecule has 0 aliphatic heterocycles. The third kappa shape index (κ3) is 4.26. The molecule has 0 aliphatic rings. The SMILES string of the molecule is CCC[C@H](NC(=O)N(C)c1ccc(CC)cc1)C(=O)O. The van der Waals surface area contributed by atoms with E-state index >= 15 is 0 Å². The van der Waals surface area contributed by atoms with Crippen LogP contribution in [0.5, 0.6) is 0 Å². The van der Waals surface area contributed by atoms with Crippen molar-refractivity contribution in [2.75, 3.05) is 11.9 Å². The highest BCUT2D eigenvalue weighted by Gasteiger charge is 2.21. The Morgan fingerprint density at radius 2 is 1.85 bits per heavy atom. The van der Waals surface area contributed by atoms with Crippen LogP contribution in [0.3, 0.4) is 0 Å². The van der Waals surface area contributed by atoms with E-state index in [-0.39, 0.29) is 0 Å². The molecule has 0 spiro atoms. The van der Waals surface area contributed by atoms with Gasteiger partial charge >= 0.3 is 12.0 Å². The average Bonchev–Trinajstić information content (AvgIpc) is 2.45. The molecule has 5 nitrogen and oxygen atoms in total. The average molecular weight is 278 g/mol. The number of hydrogen-bond acceptors (Lipinski definition) is 2. The van der Waals surface area contributed by atoms with Gasteiger partial charge in [0.1, 0.15) is 6.04 Å². The van der Waals surface area contributed by atoms with E-state index in [0.717, 1.165) is 12.1 Å². The molecule has 1 aromatic rings. The fourth-order valence-electron chi connectivity index (χ4n) is 1.86. The monoisotopic (exact) mass is 278 g/mol. The third-order valence-electron chi connectivity index (χ3n) is 3.21. The summed E-state index contributed by atoms with van der Waals surface area (Å²) in [6.07, 6.45) is 2.06. The van der Waals surface area contributed by atoms with Gasteiger partial charge < -0.3 is 10.4 Å². The van der Waals surface area contributed by atoms with Gasteiger partial charge in [-0.25, -0.2) is 9.59 Å². The van der Waals surface area contributed by atoms with Crippen molar-refractivity contribution in [2.45, 2.75) is 39.2 Å². The maximum absolute atomic E-state index is 12.0. The van der Waals surface area contributed by atoms with Crippen LogP contribution in [0.15, 0.2) is 24.3 Å². The Morgan fingerprint density at radius 3 is 2.30 bits per heavy atom. The molecule has 2 N–H and O–H groups in total. The molecule has 1 atom stereocenters. The number of benzene rings is 1. The lowest BCUT2D eigenvalue weighted by Gasteiger charge is -2.21. The first-order chi connectivity index (χ1) is 9.49. The highest BCUT2D eigenvalue weighted by molar-refractivity contribution is 5.93. The third-order valence-corrected chi connectivity index (χ3v) is 3.21. The minimum absolute atomic E-state index is 0.407. The number of hydrogen-bond donors (Lipinski definition) is 2. The summed E-state index contributed by atoms with van der Waals surface area (Å²) in [5.41, 5.74) is 1.93. The van der Waals surface area contributed by atoms with Crippen LogP contribution in [0.25, 0.3) is 0 Å². The number of carboxylic acids is 1. The second kappa shape index (κ2) is 7.53. The van der Waals surface area contributed by atoms with E-state index in [2.05, 4.69) is 12.2 Å². The number of carboxylic acid groups (broad SMARTS) is 1. The summed E-state index contributed by atoms with van der Waals surface area (Å²) in [6.45, 7) is 3.95. The Hall–Kier alpha value is -2.04. The van der Waals surface area contributed by atoms with Crippen LogP contribution in [0.1, 0.15) is 32.3 Å². The van der Waals surface area contributed by atoms with Crippen molar-refractivity contribution in [1.82, 2.24) is 5.32 Å². The van der Waals surface area contributed by atoms with E-state index in [0.29, 0.717) is 12.8 Å². The largest absolute Gasteiger partial charge is 0.480 e. The van der Waals surface area contributed by atoms with Crippen LogP contribution < -0.4 is 10.2 Å². The molecular formula is C15H22N2O3. The first-order valence-corrected chi connectivity index (χ1v) is 6.85. The van der Waals surface area contributed by atoms with Gasteiger partial charge in [-0.1, -0.05) is 32.4 Å². The fraction of sp³-hybridized carbons (Fsp3) is 0.467. The predicted molar refractivity (Wildman–Crippen MR) is 79.1 cm³/mol. The van der Waals surface area contributed by atoms with Crippen molar-refractivity contribution < 1.29 is 14.7 Å². The Morgan fingerprint density at radius 1 is 1.25 bits per heavy atom. The van der Waals surface area contributed by atoms with E-state index in [1.54, 1.807) is 7.05 Å². The summed E-state index contributed by atoms with van der Waals surface area (Å²) >= 11 is 0. The molecular weight excluding hydrogens is 256 g/mol. The number of urea groups is 1. The van der Waals surface area contributed by atoms with Gasteiger partial charge in [-0.05, 0) is 30.5 Å². The summed E-state index contributed by atoms with van der Waals surface area (Å²) in [6, 6.07) is 6.38. The molecule has 0 bridgehead atoms. The summed E-state index contributed by atoms with van der Waals surface area (Å²) in [5, 5.41) is 11.6. The zero-order chi connectivity index (χ0) is 15.1. The molecule has 0 saturated carbocycles. The molecule has 5 heteroatoms. The van der Waals surface area contributed by atoms with E-state index in [4.69, 9.17) is 5.11 Å². The van der Waals surface area contributed by atoms with Gasteiger partial charge in [0.15, 0.2) is 0 Å². The van der Waals surface area contributed by atoms with Crippen molar-refractivity contribution in [3.63, 3.8) is 0 Å². The zero-order valence-corrected chi connectivity index (χ0v) is 12.2. The minimum Gasteiger partial charge on any atom is -0.480 e. The first-order valence-electron chi connectivity index (χ1n) is 6.85. The minimum atomic E-state index is -1.00. The van der Waals surface area contributed by atoms with Gasteiger partial charge in [0.05, 0.1) is 0 Å². The van der Waals surface area contributed by atoms with Gasteiger partial charge in [-0.3, -0.25) is 4.90 Å². The second-order valence-electron chi connectivity index (χ2n) is 4.71. The number of carbonyl (C=O) groups is 2. The number of aliphatic carboxylic acids is 1. The molecule has 0 unspecified atom stereocenters. The summed E-state index contributed by atoms with van der Waals surface area (Å²) in [4.78, 5) is 24.5. The van der Waals surface area contributed by atoms with E-state index in [9.17, 15) is 9.59 Å². The Bertz CT molecular complexity index is 457. The van der Waals surface area contributed by atoms with Crippen molar-refractivity contribution in [3.8, 4) is 0 Å². The molecule has 20 heavy (non-hydrogen) atoms. The van der Waals surface area contributed by atoms with E-state index < -0.39 is 18.0 Å². The molecule has 0 saturated heterocycles. The highest BCUT2D eigenvalue weighted by Crippen LogP contribution is 2.14. The van der Waals surface area contributed by atoms with Crippen molar-refractivity contribution in [2.24, 2.45) is 0 Å². The lowest BCUT2D eigenvalue weighted by molar-refractivity contribution is -0.139. The standard InChI is InChI=1S/C15H22N2O3/c1-4-6-13(14(18)19)16-15(20)17(3)12-9-7-11(5-2)8-10-12/h7-10,13H,4-6H2,1-3H3,(H,16,20)(H,18,19)/t13-/m0/s1. The maximum Gasteiger partial charge on any atom is 0.326 e. The Labute approximate surface area is 119 Å². The number of rotatable bonds is 6. The number of aryl methyl sites for hydroxylation is 1. The van der Waals surface area contributed by atoms with E-state index in [1.165, 1.54) is 10.5 Å². The quantitative estimate of drug-likeness (QED) is 0.840. The molecule has 0 radical (unpaired) electrons. The molecule has 2 amide bonds. The number of nitrogens with zero attached hydrogens (tertiary/aromatic N) is 1. The van der Waals surface area contributed by atoms with Crippen LogP contribution in [-0.2, 0) is 11.2 Å². The number of nitrogens with one attached hydrogen (secondary N) is 1. The van der Waals surface area contributed by atoms with Gasteiger partial charge in [0.2, 0.25) is 0 Å². The summed E-state index contributed by atoms with van der Waals surface area (Å²) in [7, 11) is 1.63. The molecule has 0 aliphatic carbocycles. The van der Waals surface area contributed by atoms with Gasteiger partial charge in [-0.15, -0.1) is 0 Å². The molecule has 0 fully saturated rings. The van der Waals surface area contributed by atoms with Crippen LogP contribution in [-0.4, -0.2) is 30.2 Å². The Kier molecular flexibility index (Phi) is 6.03. The number of anilines is 1. The van der Waals surface area contributed by atoms with E-state index in [1.807, 2.05) is 31.2 Å². The zero-order valence-electron chi connectivity index (χ0n) is 12.2. The molecule has 1 rings (SSSR count). The highest BCUT2D eigenvalue weighted by atomic mass is 16.4. The molecule has 0 heterocycles. The van der Waals surface area contributed by atoms with Crippen LogP contribution in [0, 0.1) is 0 Å². The first kappa shape index (κ1) is 16.0. The Balaban J connectivity index is 2.71. The fourth-order valence-corrected chi connectivity index (χ4v) is 1.86. The summed E-state index contributed by atoms with van der Waals surface area (Å²) in [5.74, 6) is -1.00. The maximum atomic E-state index is 12.0. The lowest BCUT2D eigenvalue weighted by atomic mass is 10.1. The smallest absolute Gasteiger partial charge is 0.326 e. The van der Waals surface area contributed by atoms with Crippen LogP contribution >= 0.6 is 0 Å². The number of carbonyl (C=O) groups excluding carboxylic acids is 1. The molecule has 110 valence electrons. The molecule has 0 aromatic heterocycles. The number of amides is 2. The van der Waals surface area contributed by atoms with Crippen molar-refractivity contribution >= 4 is 17.7 Å². The van der Waals surface area contributed by atoms with Gasteiger partial charge in [0.25, 0.3) is 0 Å². The topological polar surface area (TPSA) is 69.6 Å². The van der Waals surface area contributed by atoms with Gasteiger partial charge in [0, 0.05) is 12.7 Å². The van der Waals surface area contributed by atoms with Crippen LogP contribution in [0.4, 0.5) is 10.5 Å².